The van der Waals surface area contributed by atoms with Crippen molar-refractivity contribution in [2.75, 3.05) is 12.8 Å². The van der Waals surface area contributed by atoms with Crippen molar-refractivity contribution in [1.29, 1.82) is 0 Å². The molecule has 21 heavy (non-hydrogen) atoms. The number of fused-ring (bicyclic) bond motifs is 1. The second kappa shape index (κ2) is 5.85. The lowest BCUT2D eigenvalue weighted by molar-refractivity contribution is 0.575. The first-order valence-electron chi connectivity index (χ1n) is 7.28. The van der Waals surface area contributed by atoms with E-state index >= 15 is 0 Å². The van der Waals surface area contributed by atoms with Crippen LogP contribution in [0, 0.1) is 0 Å². The SMILES string of the molecule is CNC(=S)[C@@]1(c2ccc3ccccc3c2)CCCC[S@]1=O. The van der Waals surface area contributed by atoms with Crippen molar-refractivity contribution in [3.63, 3.8) is 0 Å². The molecule has 2 aromatic rings. The maximum atomic E-state index is 12.8. The molecule has 0 radical (unpaired) electrons. The smallest absolute Gasteiger partial charge is 0.121 e. The molecule has 0 unspecified atom stereocenters. The standard InChI is InChI=1S/C17H19NOS2/c1-18-16(20)17(10-4-5-11-21(17)19)15-9-8-13-6-2-3-7-14(13)12-15/h2-3,6-9,12H,4-5,10-11H2,1H3,(H,18,20)/t17-,21+/m0/s1. The van der Waals surface area contributed by atoms with Crippen LogP contribution in [0.3, 0.4) is 0 Å². The molecule has 0 amide bonds. The van der Waals surface area contributed by atoms with E-state index in [2.05, 4.69) is 35.6 Å². The van der Waals surface area contributed by atoms with Gasteiger partial charge in [-0.25, -0.2) is 0 Å². The van der Waals surface area contributed by atoms with Crippen molar-refractivity contribution in [3.8, 4) is 0 Å². The van der Waals surface area contributed by atoms with Crippen LogP contribution in [-0.4, -0.2) is 22.0 Å². The van der Waals surface area contributed by atoms with Gasteiger partial charge in [-0.1, -0.05) is 55.0 Å². The number of hydrogen-bond donors (Lipinski definition) is 1. The van der Waals surface area contributed by atoms with Gasteiger partial charge in [-0.15, -0.1) is 0 Å². The highest BCUT2D eigenvalue weighted by molar-refractivity contribution is 7.90. The minimum atomic E-state index is -0.964. The van der Waals surface area contributed by atoms with Crippen LogP contribution in [0.15, 0.2) is 42.5 Å². The summed E-state index contributed by atoms with van der Waals surface area (Å²) in [5.41, 5.74) is 1.08. The van der Waals surface area contributed by atoms with Gasteiger partial charge in [-0.3, -0.25) is 4.21 Å². The summed E-state index contributed by atoms with van der Waals surface area (Å²) in [5, 5.41) is 5.47. The minimum Gasteiger partial charge on any atom is -0.381 e. The first-order valence-corrected chi connectivity index (χ1v) is 9.01. The van der Waals surface area contributed by atoms with E-state index in [9.17, 15) is 4.21 Å². The molecule has 3 rings (SSSR count). The van der Waals surface area contributed by atoms with Crippen LogP contribution in [-0.2, 0) is 15.5 Å². The van der Waals surface area contributed by atoms with Gasteiger partial charge in [-0.05, 0) is 35.2 Å². The van der Waals surface area contributed by atoms with E-state index in [0.29, 0.717) is 4.99 Å². The molecule has 1 saturated heterocycles. The van der Waals surface area contributed by atoms with Gasteiger partial charge in [0.25, 0.3) is 0 Å². The summed E-state index contributed by atoms with van der Waals surface area (Å²) in [4.78, 5) is 0.704. The quantitative estimate of drug-likeness (QED) is 0.859. The van der Waals surface area contributed by atoms with Crippen LogP contribution < -0.4 is 5.32 Å². The normalized spacial score (nSPS) is 25.7. The van der Waals surface area contributed by atoms with E-state index in [1.54, 1.807) is 0 Å². The number of likely N-dealkylation sites (N-methyl/N-ethyl adjacent to an activating group) is 1. The largest absolute Gasteiger partial charge is 0.381 e. The highest BCUT2D eigenvalue weighted by Crippen LogP contribution is 2.39. The molecule has 1 aliphatic rings. The van der Waals surface area contributed by atoms with Crippen molar-refractivity contribution >= 4 is 38.8 Å². The second-order valence-corrected chi connectivity index (χ2v) is 7.68. The van der Waals surface area contributed by atoms with Crippen LogP contribution in [0.2, 0.25) is 0 Å². The lowest BCUT2D eigenvalue weighted by atomic mass is 9.90. The first kappa shape index (κ1) is 14.7. The van der Waals surface area contributed by atoms with E-state index < -0.39 is 15.5 Å². The molecule has 110 valence electrons. The van der Waals surface area contributed by atoms with Crippen LogP contribution in [0.25, 0.3) is 10.8 Å². The monoisotopic (exact) mass is 317 g/mol. The summed E-state index contributed by atoms with van der Waals surface area (Å²) < 4.78 is 12.3. The fourth-order valence-corrected chi connectivity index (χ4v) is 5.55. The summed E-state index contributed by atoms with van der Waals surface area (Å²) >= 11 is 5.57. The second-order valence-electron chi connectivity index (χ2n) is 5.47. The molecule has 1 aliphatic heterocycles. The van der Waals surface area contributed by atoms with Crippen molar-refractivity contribution in [2.24, 2.45) is 0 Å². The minimum absolute atomic E-state index is 0.521. The Bertz CT molecular complexity index is 703. The molecule has 2 aromatic carbocycles. The predicted octanol–water partition coefficient (Wildman–Crippen LogP) is 3.51. The molecule has 2 atom stereocenters. The van der Waals surface area contributed by atoms with E-state index in [-0.39, 0.29) is 0 Å². The van der Waals surface area contributed by atoms with Crippen molar-refractivity contribution < 1.29 is 4.21 Å². The Kier molecular flexibility index (Phi) is 4.09. The van der Waals surface area contributed by atoms with Crippen molar-refractivity contribution in [2.45, 2.75) is 24.0 Å². The molecule has 0 aromatic heterocycles. The highest BCUT2D eigenvalue weighted by Gasteiger charge is 2.44. The molecule has 1 heterocycles. The lowest BCUT2D eigenvalue weighted by Crippen LogP contribution is -2.47. The van der Waals surface area contributed by atoms with E-state index in [4.69, 9.17) is 12.2 Å². The van der Waals surface area contributed by atoms with Crippen LogP contribution >= 0.6 is 12.2 Å². The Morgan fingerprint density at radius 2 is 1.95 bits per heavy atom. The first-order chi connectivity index (χ1) is 10.2. The zero-order valence-electron chi connectivity index (χ0n) is 12.1. The molecule has 2 nitrogen and oxygen atoms in total. The van der Waals surface area contributed by atoms with Crippen molar-refractivity contribution in [1.82, 2.24) is 5.32 Å². The Balaban J connectivity index is 2.18. The summed E-state index contributed by atoms with van der Waals surface area (Å²) in [7, 11) is 0.866. The number of benzene rings is 2. The molecule has 4 heteroatoms. The predicted molar refractivity (Wildman–Crippen MR) is 94.1 cm³/mol. The Labute approximate surface area is 133 Å². The van der Waals surface area contributed by atoms with Crippen LogP contribution in [0.1, 0.15) is 24.8 Å². The molecule has 1 fully saturated rings. The fraction of sp³-hybridized carbons (Fsp3) is 0.353. The van der Waals surface area contributed by atoms with Crippen LogP contribution in [0.4, 0.5) is 0 Å². The molecular formula is C17H19NOS2. The molecule has 0 spiro atoms. The third-order valence-corrected chi connectivity index (χ3v) is 7.07. The Hall–Kier alpha value is -1.26. The number of hydrogen-bond acceptors (Lipinski definition) is 2. The average Bonchev–Trinajstić information content (AvgIpc) is 2.54. The van der Waals surface area contributed by atoms with Gasteiger partial charge in [0.15, 0.2) is 0 Å². The third kappa shape index (κ3) is 2.40. The Morgan fingerprint density at radius 3 is 2.67 bits per heavy atom. The molecular weight excluding hydrogens is 298 g/mol. The molecule has 1 N–H and O–H groups in total. The summed E-state index contributed by atoms with van der Waals surface area (Å²) in [6.45, 7) is 0. The fourth-order valence-electron chi connectivity index (χ4n) is 3.16. The number of rotatable bonds is 2. The summed E-state index contributed by atoms with van der Waals surface area (Å²) in [5.74, 6) is 0.731. The molecule has 0 bridgehead atoms. The van der Waals surface area contributed by atoms with Gasteiger partial charge in [0, 0.05) is 23.6 Å². The van der Waals surface area contributed by atoms with Gasteiger partial charge < -0.3 is 5.32 Å². The summed E-state index contributed by atoms with van der Waals surface area (Å²) in [6.07, 6.45) is 2.95. The van der Waals surface area contributed by atoms with Gasteiger partial charge in [0.1, 0.15) is 4.75 Å². The Morgan fingerprint density at radius 1 is 1.19 bits per heavy atom. The van der Waals surface area contributed by atoms with E-state index in [1.165, 1.54) is 10.8 Å². The van der Waals surface area contributed by atoms with Gasteiger partial charge >= 0.3 is 0 Å². The van der Waals surface area contributed by atoms with Gasteiger partial charge in [-0.2, -0.15) is 0 Å². The van der Waals surface area contributed by atoms with E-state index in [0.717, 1.165) is 30.6 Å². The van der Waals surface area contributed by atoms with E-state index in [1.807, 2.05) is 19.2 Å². The third-order valence-electron chi connectivity index (χ3n) is 4.31. The number of thiocarbonyl (C=S) groups is 1. The average molecular weight is 317 g/mol. The number of nitrogens with one attached hydrogen (secondary N) is 1. The summed E-state index contributed by atoms with van der Waals surface area (Å²) in [6, 6.07) is 14.6. The maximum absolute atomic E-state index is 12.8. The molecule has 0 aliphatic carbocycles. The zero-order valence-corrected chi connectivity index (χ0v) is 13.7. The molecule has 0 saturated carbocycles. The van der Waals surface area contributed by atoms with Crippen molar-refractivity contribution in [3.05, 3.63) is 48.0 Å². The zero-order chi connectivity index (χ0) is 14.9. The lowest BCUT2D eigenvalue weighted by Gasteiger charge is -2.37. The topological polar surface area (TPSA) is 29.1 Å². The van der Waals surface area contributed by atoms with Gasteiger partial charge in [0.2, 0.25) is 0 Å². The highest BCUT2D eigenvalue weighted by atomic mass is 32.2. The maximum Gasteiger partial charge on any atom is 0.121 e. The van der Waals surface area contributed by atoms with Crippen LogP contribution in [0.5, 0.6) is 0 Å². The van der Waals surface area contributed by atoms with Gasteiger partial charge in [0.05, 0.1) is 4.99 Å².